The minimum Gasteiger partial charge on any atom is -0.342 e. The largest absolute Gasteiger partial charge is 0.342 e. The number of amides is 1. The smallest absolute Gasteiger partial charge is 0.240 e. The highest BCUT2D eigenvalue weighted by atomic mass is 32.2. The highest BCUT2D eigenvalue weighted by molar-refractivity contribution is 7.92. The monoisotopic (exact) mass is 384 g/mol. The molecular formula is C16H20N2O3S3. The molecule has 3 rings (SSSR count). The topological polar surface area (TPSA) is 67.3 Å². The van der Waals surface area contributed by atoms with Crippen molar-refractivity contribution in [2.24, 2.45) is 0 Å². The van der Waals surface area contributed by atoms with Crippen LogP contribution in [0.5, 0.6) is 0 Å². The van der Waals surface area contributed by atoms with Crippen LogP contribution in [0.15, 0.2) is 22.9 Å². The predicted molar refractivity (Wildman–Crippen MR) is 97.9 cm³/mol. The number of hydrogen-bond acceptors (Lipinski definition) is 6. The molecule has 2 aromatic rings. The molecule has 0 N–H and O–H groups in total. The first-order chi connectivity index (χ1) is 11.5. The number of carbonyl (C=O) groups is 1. The highest BCUT2D eigenvalue weighted by Gasteiger charge is 2.32. The van der Waals surface area contributed by atoms with Crippen LogP contribution in [-0.4, -0.2) is 42.5 Å². The van der Waals surface area contributed by atoms with Crippen molar-refractivity contribution < 1.29 is 13.2 Å². The second-order valence-electron chi connectivity index (χ2n) is 5.96. The SMILES string of the molecule is CC(C(=O)N1CCCCC1)S(=O)(=O)Cc1csc(-c2cccs2)n1. The van der Waals surface area contributed by atoms with Crippen molar-refractivity contribution in [1.82, 2.24) is 9.88 Å². The van der Waals surface area contributed by atoms with Crippen molar-refractivity contribution in [3.05, 3.63) is 28.6 Å². The van der Waals surface area contributed by atoms with Gasteiger partial charge in [0.05, 0.1) is 16.3 Å². The summed E-state index contributed by atoms with van der Waals surface area (Å²) in [4.78, 5) is 19.6. The predicted octanol–water partition coefficient (Wildman–Crippen LogP) is 3.19. The number of thiophene rings is 1. The number of likely N-dealkylation sites (tertiary alicyclic amines) is 1. The summed E-state index contributed by atoms with van der Waals surface area (Å²) in [5.74, 6) is -0.460. The first-order valence-electron chi connectivity index (χ1n) is 7.96. The Labute approximate surface area is 150 Å². The maximum atomic E-state index is 12.6. The van der Waals surface area contributed by atoms with Gasteiger partial charge >= 0.3 is 0 Å². The number of rotatable bonds is 5. The summed E-state index contributed by atoms with van der Waals surface area (Å²) in [7, 11) is -3.56. The number of thiazole rings is 1. The molecule has 24 heavy (non-hydrogen) atoms. The lowest BCUT2D eigenvalue weighted by Crippen LogP contribution is -2.44. The van der Waals surface area contributed by atoms with Crippen LogP contribution in [0, 0.1) is 0 Å². The Morgan fingerprint density at radius 2 is 2.04 bits per heavy atom. The third-order valence-electron chi connectivity index (χ3n) is 4.19. The van der Waals surface area contributed by atoms with Crippen LogP contribution in [-0.2, 0) is 20.4 Å². The quantitative estimate of drug-likeness (QED) is 0.794. The van der Waals surface area contributed by atoms with Gasteiger partial charge in [0.2, 0.25) is 5.91 Å². The summed E-state index contributed by atoms with van der Waals surface area (Å²) in [6.45, 7) is 2.83. The van der Waals surface area contributed by atoms with E-state index in [1.165, 1.54) is 18.3 Å². The molecule has 0 bridgehead atoms. The van der Waals surface area contributed by atoms with Crippen molar-refractivity contribution in [2.45, 2.75) is 37.2 Å². The highest BCUT2D eigenvalue weighted by Crippen LogP contribution is 2.28. The molecule has 0 spiro atoms. The molecule has 0 radical (unpaired) electrons. The van der Waals surface area contributed by atoms with Gasteiger partial charge in [-0.25, -0.2) is 13.4 Å². The van der Waals surface area contributed by atoms with E-state index in [4.69, 9.17) is 0 Å². The van der Waals surface area contributed by atoms with E-state index in [1.807, 2.05) is 17.5 Å². The molecule has 2 aromatic heterocycles. The van der Waals surface area contributed by atoms with E-state index in [1.54, 1.807) is 21.6 Å². The van der Waals surface area contributed by atoms with E-state index in [0.29, 0.717) is 18.8 Å². The average molecular weight is 385 g/mol. The van der Waals surface area contributed by atoms with E-state index in [-0.39, 0.29) is 11.7 Å². The molecule has 1 unspecified atom stereocenters. The van der Waals surface area contributed by atoms with Crippen molar-refractivity contribution in [3.8, 4) is 9.88 Å². The number of nitrogens with zero attached hydrogens (tertiary/aromatic N) is 2. The van der Waals surface area contributed by atoms with Crippen LogP contribution in [0.2, 0.25) is 0 Å². The molecule has 0 aromatic carbocycles. The van der Waals surface area contributed by atoms with Crippen LogP contribution < -0.4 is 0 Å². The molecule has 5 nitrogen and oxygen atoms in total. The first kappa shape index (κ1) is 17.6. The first-order valence-corrected chi connectivity index (χ1v) is 11.4. The number of sulfone groups is 1. The second-order valence-corrected chi connectivity index (χ2v) is 10.1. The van der Waals surface area contributed by atoms with Crippen LogP contribution in [0.3, 0.4) is 0 Å². The Morgan fingerprint density at radius 1 is 1.29 bits per heavy atom. The summed E-state index contributed by atoms with van der Waals surface area (Å²) < 4.78 is 25.2. The summed E-state index contributed by atoms with van der Waals surface area (Å²) in [6.07, 6.45) is 3.01. The molecule has 1 aliphatic heterocycles. The Hall–Kier alpha value is -1.25. The second kappa shape index (κ2) is 7.33. The van der Waals surface area contributed by atoms with Gasteiger partial charge in [-0.3, -0.25) is 4.79 Å². The molecule has 0 saturated carbocycles. The summed E-state index contributed by atoms with van der Waals surface area (Å²) in [5, 5.41) is 3.55. The van der Waals surface area contributed by atoms with Crippen molar-refractivity contribution in [2.75, 3.05) is 13.1 Å². The maximum absolute atomic E-state index is 12.6. The number of hydrogen-bond donors (Lipinski definition) is 0. The standard InChI is InChI=1S/C16H20N2O3S3/c1-12(16(19)18-7-3-2-4-8-18)24(20,21)11-13-10-23-15(17-13)14-6-5-9-22-14/h5-6,9-10,12H,2-4,7-8,11H2,1H3. The molecule has 1 atom stereocenters. The zero-order valence-electron chi connectivity index (χ0n) is 13.5. The van der Waals surface area contributed by atoms with E-state index < -0.39 is 15.1 Å². The number of carbonyl (C=O) groups excluding carboxylic acids is 1. The lowest BCUT2D eigenvalue weighted by Gasteiger charge is -2.29. The van der Waals surface area contributed by atoms with Gasteiger partial charge in [0, 0.05) is 18.5 Å². The van der Waals surface area contributed by atoms with Gasteiger partial charge in [0.1, 0.15) is 10.3 Å². The number of piperidine rings is 1. The Bertz CT molecular complexity index is 790. The van der Waals surface area contributed by atoms with Gasteiger partial charge in [-0.05, 0) is 37.6 Å². The van der Waals surface area contributed by atoms with Crippen molar-refractivity contribution in [1.29, 1.82) is 0 Å². The van der Waals surface area contributed by atoms with Crippen molar-refractivity contribution >= 4 is 38.4 Å². The maximum Gasteiger partial charge on any atom is 0.240 e. The molecule has 1 amide bonds. The van der Waals surface area contributed by atoms with Gasteiger partial charge < -0.3 is 4.90 Å². The molecular weight excluding hydrogens is 364 g/mol. The molecule has 1 fully saturated rings. The fraction of sp³-hybridized carbons (Fsp3) is 0.500. The summed E-state index contributed by atoms with van der Waals surface area (Å²) in [5.41, 5.74) is 0.515. The lowest BCUT2D eigenvalue weighted by atomic mass is 10.1. The zero-order valence-corrected chi connectivity index (χ0v) is 15.9. The van der Waals surface area contributed by atoms with Crippen LogP contribution in [0.25, 0.3) is 9.88 Å². The summed E-state index contributed by atoms with van der Waals surface area (Å²) >= 11 is 3.01. The van der Waals surface area contributed by atoms with Gasteiger partial charge in [-0.2, -0.15) is 0 Å². The van der Waals surface area contributed by atoms with E-state index in [9.17, 15) is 13.2 Å². The van der Waals surface area contributed by atoms with Crippen molar-refractivity contribution in [3.63, 3.8) is 0 Å². The van der Waals surface area contributed by atoms with Crippen LogP contribution >= 0.6 is 22.7 Å². The van der Waals surface area contributed by atoms with Crippen LogP contribution in [0.1, 0.15) is 31.9 Å². The molecule has 1 aliphatic rings. The van der Waals surface area contributed by atoms with Crippen LogP contribution in [0.4, 0.5) is 0 Å². The minimum atomic E-state index is -3.56. The molecule has 130 valence electrons. The van der Waals surface area contributed by atoms with Gasteiger partial charge in [-0.15, -0.1) is 22.7 Å². The molecule has 3 heterocycles. The molecule has 1 saturated heterocycles. The molecule has 0 aliphatic carbocycles. The molecule has 8 heteroatoms. The Morgan fingerprint density at radius 3 is 2.71 bits per heavy atom. The third-order valence-corrected chi connectivity index (χ3v) is 8.09. The van der Waals surface area contributed by atoms with Gasteiger partial charge in [0.25, 0.3) is 0 Å². The van der Waals surface area contributed by atoms with Gasteiger partial charge in [0.15, 0.2) is 9.84 Å². The van der Waals surface area contributed by atoms with E-state index >= 15 is 0 Å². The zero-order chi connectivity index (χ0) is 17.2. The fourth-order valence-corrected chi connectivity index (χ4v) is 5.75. The van der Waals surface area contributed by atoms with E-state index in [0.717, 1.165) is 29.1 Å². The third kappa shape index (κ3) is 3.87. The number of aromatic nitrogens is 1. The van der Waals surface area contributed by atoms with E-state index in [2.05, 4.69) is 4.98 Å². The normalized spacial score (nSPS) is 17.0. The minimum absolute atomic E-state index is 0.185. The average Bonchev–Trinajstić information content (AvgIpc) is 3.25. The fourth-order valence-electron chi connectivity index (χ4n) is 2.74. The summed E-state index contributed by atoms with van der Waals surface area (Å²) in [6, 6.07) is 3.90. The Kier molecular flexibility index (Phi) is 5.36. The van der Waals surface area contributed by atoms with Gasteiger partial charge in [-0.1, -0.05) is 6.07 Å². The Balaban J connectivity index is 1.70. The lowest BCUT2D eigenvalue weighted by molar-refractivity contribution is -0.131.